The number of nitrogens with one attached hydrogen (secondary N) is 1. The Morgan fingerprint density at radius 1 is 1.14 bits per heavy atom. The van der Waals surface area contributed by atoms with Crippen molar-refractivity contribution in [2.75, 3.05) is 42.6 Å². The number of aromatic nitrogens is 2. The van der Waals surface area contributed by atoms with E-state index < -0.39 is 40.8 Å². The molecule has 2 aromatic heterocycles. The largest absolute Gasteiger partial charge is 0.491 e. The lowest BCUT2D eigenvalue weighted by Crippen LogP contribution is -2.33. The van der Waals surface area contributed by atoms with E-state index in [2.05, 4.69) is 10.3 Å². The summed E-state index contributed by atoms with van der Waals surface area (Å²) in [7, 11) is 0. The van der Waals surface area contributed by atoms with Crippen molar-refractivity contribution in [3.63, 3.8) is 0 Å². The summed E-state index contributed by atoms with van der Waals surface area (Å²) in [5.74, 6) is -2.67. The minimum absolute atomic E-state index is 0.0241. The van der Waals surface area contributed by atoms with E-state index in [0.717, 1.165) is 25.3 Å². The minimum atomic E-state index is -1.36. The van der Waals surface area contributed by atoms with Gasteiger partial charge in [-0.15, -0.1) is 0 Å². The number of carboxylic acid groups (broad SMARTS) is 1. The van der Waals surface area contributed by atoms with Gasteiger partial charge in [-0.05, 0) is 49.8 Å². The highest BCUT2D eigenvalue weighted by molar-refractivity contribution is 5.92. The molecule has 1 aromatic carbocycles. The Bertz CT molecular complexity index is 1710. The Labute approximate surface area is 250 Å². The highest BCUT2D eigenvalue weighted by atomic mass is 19.1. The van der Waals surface area contributed by atoms with Gasteiger partial charge in [-0.1, -0.05) is 0 Å². The number of carboxylic acids is 1. The first-order valence-electron chi connectivity index (χ1n) is 14.5. The fourth-order valence-corrected chi connectivity index (χ4v) is 5.71. The van der Waals surface area contributed by atoms with Crippen LogP contribution in [0.2, 0.25) is 0 Å². The maximum absolute atomic E-state index is 15.2. The van der Waals surface area contributed by atoms with Gasteiger partial charge in [-0.3, -0.25) is 14.5 Å². The molecular weight excluding hydrogens is 580 g/mol. The first-order chi connectivity index (χ1) is 21.1. The summed E-state index contributed by atoms with van der Waals surface area (Å²) >= 11 is 0. The molecule has 1 aliphatic carbocycles. The van der Waals surface area contributed by atoms with Gasteiger partial charge < -0.3 is 29.4 Å². The molecule has 2 amide bonds. The van der Waals surface area contributed by atoms with Gasteiger partial charge >= 0.3 is 12.1 Å². The Hall–Kier alpha value is -4.75. The number of benzene rings is 1. The van der Waals surface area contributed by atoms with Gasteiger partial charge in [0.15, 0.2) is 23.2 Å². The molecule has 12 nitrogen and oxygen atoms in total. The normalized spacial score (nSPS) is 19.8. The lowest BCUT2D eigenvalue weighted by molar-refractivity contribution is -0.119. The van der Waals surface area contributed by atoms with Crippen LogP contribution in [0.5, 0.6) is 5.75 Å². The van der Waals surface area contributed by atoms with Crippen molar-refractivity contribution in [1.29, 1.82) is 0 Å². The standard InChI is InChI=1S/C30H31F2N5O7/c1-16(38)33-12-20-14-37(30(42)44-20)19-4-5-25(23(31)10-19)43-9-7-17-6-8-35(13-17)28-24(32)11-21-26(39)22(29(40)41)15-36(18-2-3-18)27(21)34-28/h4-5,10-11,15,17-18,20H,2-3,6-9,12-14H2,1H3,(H,33,38)(H,40,41)/t17-,20+/m1/s1. The van der Waals surface area contributed by atoms with E-state index in [1.165, 1.54) is 30.2 Å². The van der Waals surface area contributed by atoms with Gasteiger partial charge in [-0.2, -0.15) is 0 Å². The van der Waals surface area contributed by atoms with Crippen molar-refractivity contribution in [1.82, 2.24) is 14.9 Å². The van der Waals surface area contributed by atoms with Crippen LogP contribution in [-0.2, 0) is 9.53 Å². The topological polar surface area (TPSA) is 143 Å². The molecule has 1 saturated carbocycles. The monoisotopic (exact) mass is 611 g/mol. The highest BCUT2D eigenvalue weighted by Gasteiger charge is 2.33. The molecule has 3 aromatic rings. The molecule has 2 saturated heterocycles. The SMILES string of the molecule is CC(=O)NC[C@H]1CN(c2ccc(OCC[C@H]3CCN(c4nc5c(cc4F)c(=O)c(C(=O)O)cn5C4CC4)C3)c(F)c2)C(=O)O1. The summed E-state index contributed by atoms with van der Waals surface area (Å²) in [5.41, 5.74) is -0.579. The van der Waals surface area contributed by atoms with E-state index in [0.29, 0.717) is 25.2 Å². The molecule has 44 heavy (non-hydrogen) atoms. The van der Waals surface area contributed by atoms with E-state index in [-0.39, 0.29) is 60.2 Å². The molecule has 6 rings (SSSR count). The smallest absolute Gasteiger partial charge is 0.414 e. The molecule has 0 unspecified atom stereocenters. The first-order valence-corrected chi connectivity index (χ1v) is 14.5. The molecule has 14 heteroatoms. The maximum Gasteiger partial charge on any atom is 0.414 e. The zero-order chi connectivity index (χ0) is 31.1. The summed E-state index contributed by atoms with van der Waals surface area (Å²) in [6.07, 6.45) is 3.09. The number of aromatic carboxylic acids is 1. The summed E-state index contributed by atoms with van der Waals surface area (Å²) in [6.45, 7) is 2.93. The highest BCUT2D eigenvalue weighted by Crippen LogP contribution is 2.37. The zero-order valence-electron chi connectivity index (χ0n) is 23.9. The number of hydrogen-bond acceptors (Lipinski definition) is 8. The molecule has 3 aliphatic rings. The third-order valence-electron chi connectivity index (χ3n) is 8.16. The molecule has 0 spiro atoms. The fourth-order valence-electron chi connectivity index (χ4n) is 5.71. The molecular formula is C30H31F2N5O7. The number of anilines is 2. The third-order valence-corrected chi connectivity index (χ3v) is 8.16. The van der Waals surface area contributed by atoms with E-state index in [1.54, 1.807) is 15.5 Å². The Morgan fingerprint density at radius 2 is 1.93 bits per heavy atom. The predicted molar refractivity (Wildman–Crippen MR) is 154 cm³/mol. The summed E-state index contributed by atoms with van der Waals surface area (Å²) in [4.78, 5) is 55.3. The number of hydrogen-bond donors (Lipinski definition) is 2. The summed E-state index contributed by atoms with van der Waals surface area (Å²) < 4.78 is 42.7. The Kier molecular flexibility index (Phi) is 7.82. The molecule has 0 radical (unpaired) electrons. The van der Waals surface area contributed by atoms with Crippen LogP contribution in [0, 0.1) is 17.6 Å². The fraction of sp³-hybridized carbons (Fsp3) is 0.433. The van der Waals surface area contributed by atoms with E-state index in [9.17, 15) is 28.7 Å². The second kappa shape index (κ2) is 11.7. The molecule has 0 bridgehead atoms. The molecule has 2 atom stereocenters. The number of ether oxygens (including phenoxy) is 2. The first kappa shape index (κ1) is 29.3. The zero-order valence-corrected chi connectivity index (χ0v) is 23.9. The van der Waals surface area contributed by atoms with Crippen LogP contribution < -0.4 is 25.3 Å². The lowest BCUT2D eigenvalue weighted by Gasteiger charge is -2.20. The minimum Gasteiger partial charge on any atom is -0.491 e. The number of cyclic esters (lactones) is 1. The van der Waals surface area contributed by atoms with Gasteiger partial charge in [0, 0.05) is 38.3 Å². The molecule has 2 N–H and O–H groups in total. The van der Waals surface area contributed by atoms with Gasteiger partial charge in [0.1, 0.15) is 17.3 Å². The van der Waals surface area contributed by atoms with Gasteiger partial charge in [0.2, 0.25) is 11.3 Å². The van der Waals surface area contributed by atoms with Crippen molar-refractivity contribution in [3.8, 4) is 5.75 Å². The second-order valence-electron chi connectivity index (χ2n) is 11.4. The predicted octanol–water partition coefficient (Wildman–Crippen LogP) is 3.46. The van der Waals surface area contributed by atoms with Crippen LogP contribution in [0.15, 0.2) is 35.3 Å². The number of rotatable bonds is 10. The van der Waals surface area contributed by atoms with Gasteiger partial charge in [-0.25, -0.2) is 23.4 Å². The van der Waals surface area contributed by atoms with Crippen molar-refractivity contribution >= 4 is 40.5 Å². The van der Waals surface area contributed by atoms with Crippen LogP contribution in [0.3, 0.4) is 0 Å². The van der Waals surface area contributed by atoms with Crippen molar-refractivity contribution in [3.05, 3.63) is 57.9 Å². The number of carbonyl (C=O) groups is 3. The summed E-state index contributed by atoms with van der Waals surface area (Å²) in [6, 6.07) is 5.31. The Balaban J connectivity index is 1.07. The van der Waals surface area contributed by atoms with Crippen LogP contribution >= 0.6 is 0 Å². The number of carbonyl (C=O) groups excluding carboxylic acids is 2. The van der Waals surface area contributed by atoms with Crippen molar-refractivity contribution in [2.45, 2.75) is 44.8 Å². The lowest BCUT2D eigenvalue weighted by atomic mass is 10.1. The summed E-state index contributed by atoms with van der Waals surface area (Å²) in [5, 5.41) is 12.0. The molecule has 3 fully saturated rings. The van der Waals surface area contributed by atoms with Crippen molar-refractivity contribution < 1.29 is 37.7 Å². The quantitative estimate of drug-likeness (QED) is 0.352. The van der Waals surface area contributed by atoms with E-state index in [1.807, 2.05) is 0 Å². The molecule has 2 aliphatic heterocycles. The number of pyridine rings is 2. The van der Waals surface area contributed by atoms with E-state index in [4.69, 9.17) is 9.47 Å². The molecule has 232 valence electrons. The van der Waals surface area contributed by atoms with Crippen LogP contribution in [-0.4, -0.2) is 71.5 Å². The maximum atomic E-state index is 15.2. The number of fused-ring (bicyclic) bond motifs is 1. The number of halogens is 2. The van der Waals surface area contributed by atoms with Gasteiger partial charge in [0.05, 0.1) is 30.8 Å². The molecule has 4 heterocycles. The average molecular weight is 612 g/mol. The second-order valence-corrected chi connectivity index (χ2v) is 11.4. The van der Waals surface area contributed by atoms with Gasteiger partial charge in [0.25, 0.3) is 0 Å². The van der Waals surface area contributed by atoms with Crippen LogP contribution in [0.4, 0.5) is 25.1 Å². The van der Waals surface area contributed by atoms with Crippen LogP contribution in [0.25, 0.3) is 11.0 Å². The Morgan fingerprint density at radius 3 is 2.64 bits per heavy atom. The van der Waals surface area contributed by atoms with Crippen molar-refractivity contribution in [2.24, 2.45) is 5.92 Å². The number of nitrogens with zero attached hydrogens (tertiary/aromatic N) is 4. The van der Waals surface area contributed by atoms with E-state index >= 15 is 4.39 Å². The van der Waals surface area contributed by atoms with Crippen LogP contribution in [0.1, 0.15) is 49.0 Å². The average Bonchev–Trinajstić information content (AvgIpc) is 3.60. The number of amides is 2. The third kappa shape index (κ3) is 5.88.